The topological polar surface area (TPSA) is 87.3 Å². The third-order valence-corrected chi connectivity index (χ3v) is 8.78. The average Bonchev–Trinajstić information content (AvgIpc) is 3.30. The van der Waals surface area contributed by atoms with E-state index in [1.165, 1.54) is 25.7 Å². The van der Waals surface area contributed by atoms with Gasteiger partial charge in [0.25, 0.3) is 0 Å². The first kappa shape index (κ1) is 29.2. The molecule has 1 saturated heterocycles. The van der Waals surface area contributed by atoms with Gasteiger partial charge in [-0.15, -0.1) is 0 Å². The van der Waals surface area contributed by atoms with Gasteiger partial charge in [-0.2, -0.15) is 5.26 Å². The Morgan fingerprint density at radius 1 is 1.12 bits per heavy atom. The molecule has 9 heteroatoms. The number of nitrogens with zero attached hydrogens (tertiary/aromatic N) is 6. The van der Waals surface area contributed by atoms with E-state index in [-0.39, 0.29) is 18.2 Å². The fraction of sp³-hybridized carbons (Fsp3) is 0.562. The molecule has 1 amide bonds. The fourth-order valence-corrected chi connectivity index (χ4v) is 6.51. The van der Waals surface area contributed by atoms with Crippen LogP contribution in [0, 0.1) is 23.2 Å². The lowest BCUT2D eigenvalue weighted by Crippen LogP contribution is -2.55. The summed E-state index contributed by atoms with van der Waals surface area (Å²) in [7, 11) is 0. The van der Waals surface area contributed by atoms with Gasteiger partial charge in [0.1, 0.15) is 17.4 Å². The van der Waals surface area contributed by atoms with Crippen molar-refractivity contribution in [2.45, 2.75) is 84.9 Å². The second-order valence-corrected chi connectivity index (χ2v) is 13.3. The number of nitriles is 1. The molecule has 0 spiro atoms. The average molecular weight is 577 g/mol. The molecule has 0 bridgehead atoms. The molecule has 2 aromatic heterocycles. The van der Waals surface area contributed by atoms with Crippen molar-refractivity contribution in [1.29, 1.82) is 5.26 Å². The first-order valence-electron chi connectivity index (χ1n) is 14.8. The van der Waals surface area contributed by atoms with Crippen LogP contribution in [0.5, 0.6) is 0 Å². The van der Waals surface area contributed by atoms with Gasteiger partial charge in [0.15, 0.2) is 0 Å². The van der Waals surface area contributed by atoms with Crippen molar-refractivity contribution in [3.8, 4) is 17.3 Å². The molecule has 5 rings (SSSR count). The Balaban J connectivity index is 1.62. The molecular weight excluding hydrogens is 536 g/mol. The van der Waals surface area contributed by atoms with Crippen molar-refractivity contribution < 1.29 is 9.53 Å². The first-order valence-corrected chi connectivity index (χ1v) is 15.2. The number of amides is 1. The molecule has 1 saturated carbocycles. The molecule has 1 aliphatic heterocycles. The molecule has 1 aliphatic carbocycles. The maximum absolute atomic E-state index is 12.9. The molecule has 3 heterocycles. The monoisotopic (exact) mass is 576 g/mol. The number of fused-ring (bicyclic) bond motifs is 1. The lowest BCUT2D eigenvalue weighted by atomic mass is 9.79. The van der Waals surface area contributed by atoms with Gasteiger partial charge in [-0.3, -0.25) is 0 Å². The smallest absolute Gasteiger partial charge is 0.410 e. The summed E-state index contributed by atoms with van der Waals surface area (Å²) in [5.41, 5.74) is 3.04. The SMILES string of the molecule is CC1CCC(C(C)n2c(N3CCN(C(=O)OC(C)(C)C)C[C@H]3C)nc3cc(C#N)nc(-c4cccc(Cl)c4)c32)CC1. The number of aromatic nitrogens is 3. The molecule has 41 heavy (non-hydrogen) atoms. The largest absolute Gasteiger partial charge is 0.444 e. The highest BCUT2D eigenvalue weighted by Gasteiger charge is 2.35. The van der Waals surface area contributed by atoms with Gasteiger partial charge in [0.05, 0.1) is 16.7 Å². The number of pyridine rings is 1. The summed E-state index contributed by atoms with van der Waals surface area (Å²) in [5.74, 6) is 2.12. The van der Waals surface area contributed by atoms with Gasteiger partial charge in [-0.1, -0.05) is 43.5 Å². The van der Waals surface area contributed by atoms with Crippen LogP contribution >= 0.6 is 11.6 Å². The summed E-state index contributed by atoms with van der Waals surface area (Å²) in [6.07, 6.45) is 4.49. The van der Waals surface area contributed by atoms with Crippen LogP contribution < -0.4 is 4.90 Å². The molecule has 2 aliphatic rings. The predicted octanol–water partition coefficient (Wildman–Crippen LogP) is 7.46. The third-order valence-electron chi connectivity index (χ3n) is 8.55. The third kappa shape index (κ3) is 6.16. The molecule has 2 fully saturated rings. The fourth-order valence-electron chi connectivity index (χ4n) is 6.32. The highest BCUT2D eigenvalue weighted by molar-refractivity contribution is 6.30. The number of rotatable bonds is 4. The summed E-state index contributed by atoms with van der Waals surface area (Å²) in [5, 5.41) is 10.5. The number of hydrogen-bond donors (Lipinski definition) is 0. The van der Waals surface area contributed by atoms with Crippen LogP contribution in [0.15, 0.2) is 30.3 Å². The zero-order valence-electron chi connectivity index (χ0n) is 25.0. The molecule has 8 nitrogen and oxygen atoms in total. The second-order valence-electron chi connectivity index (χ2n) is 12.9. The Hall–Kier alpha value is -3.31. The van der Waals surface area contributed by atoms with Crippen LogP contribution in [-0.4, -0.2) is 56.8 Å². The van der Waals surface area contributed by atoms with Gasteiger partial charge >= 0.3 is 6.09 Å². The number of carbonyl (C=O) groups excluding carboxylic acids is 1. The van der Waals surface area contributed by atoms with Crippen LogP contribution in [-0.2, 0) is 4.74 Å². The van der Waals surface area contributed by atoms with E-state index in [0.717, 1.165) is 34.2 Å². The van der Waals surface area contributed by atoms with Gasteiger partial charge < -0.3 is 19.1 Å². The Morgan fingerprint density at radius 3 is 2.49 bits per heavy atom. The van der Waals surface area contributed by atoms with Crippen molar-refractivity contribution in [3.63, 3.8) is 0 Å². The quantitative estimate of drug-likeness (QED) is 0.320. The molecule has 1 aromatic carbocycles. The number of hydrogen-bond acceptors (Lipinski definition) is 6. The van der Waals surface area contributed by atoms with E-state index in [0.29, 0.717) is 36.3 Å². The number of imidazole rings is 1. The van der Waals surface area contributed by atoms with E-state index in [2.05, 4.69) is 36.3 Å². The Kier molecular flexibility index (Phi) is 8.20. The van der Waals surface area contributed by atoms with Gasteiger partial charge in [0.2, 0.25) is 5.95 Å². The maximum Gasteiger partial charge on any atom is 0.410 e. The summed E-state index contributed by atoms with van der Waals surface area (Å²) < 4.78 is 8.02. The van der Waals surface area contributed by atoms with Gasteiger partial charge in [-0.05, 0) is 71.4 Å². The minimum absolute atomic E-state index is 0.0171. The molecule has 1 unspecified atom stereocenters. The Morgan fingerprint density at radius 2 is 1.85 bits per heavy atom. The number of halogens is 1. The predicted molar refractivity (Wildman–Crippen MR) is 163 cm³/mol. The summed E-state index contributed by atoms with van der Waals surface area (Å²) >= 11 is 6.42. The van der Waals surface area contributed by atoms with Crippen molar-refractivity contribution in [2.24, 2.45) is 11.8 Å². The van der Waals surface area contributed by atoms with E-state index in [1.54, 1.807) is 11.0 Å². The van der Waals surface area contributed by atoms with E-state index in [1.807, 2.05) is 45.0 Å². The maximum atomic E-state index is 12.9. The van der Waals surface area contributed by atoms with Crippen LogP contribution in [0.4, 0.5) is 10.7 Å². The molecule has 3 aromatic rings. The zero-order valence-corrected chi connectivity index (χ0v) is 25.8. The number of anilines is 1. The van der Waals surface area contributed by atoms with Gasteiger partial charge in [-0.25, -0.2) is 14.8 Å². The van der Waals surface area contributed by atoms with E-state index in [4.69, 9.17) is 26.3 Å². The molecular formula is C32H41ClN6O2. The lowest BCUT2D eigenvalue weighted by molar-refractivity contribution is 0.0217. The van der Waals surface area contributed by atoms with Crippen molar-refractivity contribution in [1.82, 2.24) is 19.4 Å². The Bertz CT molecular complexity index is 1460. The van der Waals surface area contributed by atoms with Crippen LogP contribution in [0.25, 0.3) is 22.3 Å². The van der Waals surface area contributed by atoms with Crippen LogP contribution in [0.3, 0.4) is 0 Å². The molecule has 2 atom stereocenters. The minimum atomic E-state index is -0.541. The summed E-state index contributed by atoms with van der Waals surface area (Å²) in [4.78, 5) is 27.0. The second kappa shape index (κ2) is 11.5. The standard InChI is InChI=1S/C32H41ClN6O2/c1-20-10-12-23(13-11-20)22(3)39-29-27(17-26(18-34)35-28(29)24-8-7-9-25(33)16-24)36-30(39)38-15-14-37(19-21(38)2)31(40)41-32(4,5)6/h7-9,16-17,20-23H,10-15,19H2,1-6H3/t20?,21-,22?,23?/m1/s1. The molecule has 218 valence electrons. The highest BCUT2D eigenvalue weighted by Crippen LogP contribution is 2.42. The first-order chi connectivity index (χ1) is 19.4. The molecule has 0 radical (unpaired) electrons. The van der Waals surface area contributed by atoms with Crippen molar-refractivity contribution >= 4 is 34.7 Å². The number of ether oxygens (including phenoxy) is 1. The van der Waals surface area contributed by atoms with Gasteiger partial charge in [0, 0.05) is 48.4 Å². The Labute approximate surface area is 248 Å². The minimum Gasteiger partial charge on any atom is -0.444 e. The van der Waals surface area contributed by atoms with E-state index in [9.17, 15) is 10.1 Å². The van der Waals surface area contributed by atoms with E-state index >= 15 is 0 Å². The number of benzene rings is 1. The number of piperazine rings is 1. The highest BCUT2D eigenvalue weighted by atomic mass is 35.5. The van der Waals surface area contributed by atoms with Crippen LogP contribution in [0.1, 0.15) is 79.0 Å². The lowest BCUT2D eigenvalue weighted by Gasteiger charge is -2.42. The summed E-state index contributed by atoms with van der Waals surface area (Å²) in [6.45, 7) is 14.1. The summed E-state index contributed by atoms with van der Waals surface area (Å²) in [6, 6.07) is 11.9. The van der Waals surface area contributed by atoms with Crippen molar-refractivity contribution in [2.75, 3.05) is 24.5 Å². The van der Waals surface area contributed by atoms with E-state index < -0.39 is 5.60 Å². The zero-order chi connectivity index (χ0) is 29.5. The normalized spacial score (nSPS) is 22.4. The number of carbonyl (C=O) groups is 1. The van der Waals surface area contributed by atoms with Crippen molar-refractivity contribution in [3.05, 3.63) is 41.0 Å². The molecule has 0 N–H and O–H groups in total. The van der Waals surface area contributed by atoms with Crippen LogP contribution in [0.2, 0.25) is 5.02 Å².